The highest BCUT2D eigenvalue weighted by molar-refractivity contribution is 5.56. The highest BCUT2D eigenvalue weighted by Gasteiger charge is 2.31. The van der Waals surface area contributed by atoms with Gasteiger partial charge in [-0.15, -0.1) is 0 Å². The van der Waals surface area contributed by atoms with E-state index >= 15 is 0 Å². The molecule has 0 spiro atoms. The Balaban J connectivity index is 2.44. The standard InChI is InChI=1S/C14H19N3/c1-4-13-8-6-11(3)17(13)14-12(9-15)7-5-10(2)16-14/h5,7,11,13H,4,6,8H2,1-3H3. The topological polar surface area (TPSA) is 39.9 Å². The summed E-state index contributed by atoms with van der Waals surface area (Å²) in [5.41, 5.74) is 1.68. The normalized spacial score (nSPS) is 23.8. The molecule has 0 aliphatic carbocycles. The fraction of sp³-hybridized carbons (Fsp3) is 0.571. The number of nitriles is 1. The van der Waals surface area contributed by atoms with E-state index in [0.717, 1.165) is 17.9 Å². The number of nitrogens with zero attached hydrogens (tertiary/aromatic N) is 3. The maximum atomic E-state index is 9.20. The van der Waals surface area contributed by atoms with Gasteiger partial charge in [0, 0.05) is 17.8 Å². The van der Waals surface area contributed by atoms with Crippen molar-refractivity contribution in [3.05, 3.63) is 23.4 Å². The van der Waals surface area contributed by atoms with Gasteiger partial charge in [-0.25, -0.2) is 4.98 Å². The number of anilines is 1. The minimum Gasteiger partial charge on any atom is -0.350 e. The van der Waals surface area contributed by atoms with Crippen molar-refractivity contribution >= 4 is 5.82 Å². The Hall–Kier alpha value is -1.56. The van der Waals surface area contributed by atoms with E-state index in [1.807, 2.05) is 19.1 Å². The van der Waals surface area contributed by atoms with E-state index < -0.39 is 0 Å². The summed E-state index contributed by atoms with van der Waals surface area (Å²) in [7, 11) is 0. The molecule has 1 fully saturated rings. The highest BCUT2D eigenvalue weighted by Crippen LogP contribution is 2.32. The summed E-state index contributed by atoms with van der Waals surface area (Å²) in [5.74, 6) is 0.879. The lowest BCUT2D eigenvalue weighted by Gasteiger charge is -2.30. The molecule has 17 heavy (non-hydrogen) atoms. The second-order valence-corrected chi connectivity index (χ2v) is 4.83. The van der Waals surface area contributed by atoms with Crippen LogP contribution in [0, 0.1) is 18.3 Å². The highest BCUT2D eigenvalue weighted by atomic mass is 15.3. The summed E-state index contributed by atoms with van der Waals surface area (Å²) in [6, 6.07) is 7.07. The predicted octanol–water partition coefficient (Wildman–Crippen LogP) is 3.03. The van der Waals surface area contributed by atoms with Crippen LogP contribution in [0.1, 0.15) is 44.4 Å². The monoisotopic (exact) mass is 229 g/mol. The quantitative estimate of drug-likeness (QED) is 0.782. The molecule has 1 aromatic heterocycles. The summed E-state index contributed by atoms with van der Waals surface area (Å²) in [6.45, 7) is 6.41. The molecular formula is C14H19N3. The summed E-state index contributed by atoms with van der Waals surface area (Å²) in [5, 5.41) is 9.20. The summed E-state index contributed by atoms with van der Waals surface area (Å²) < 4.78 is 0. The van der Waals surface area contributed by atoms with Crippen LogP contribution in [0.3, 0.4) is 0 Å². The van der Waals surface area contributed by atoms with E-state index in [4.69, 9.17) is 0 Å². The second kappa shape index (κ2) is 4.75. The molecule has 90 valence electrons. The Morgan fingerprint density at radius 2 is 2.24 bits per heavy atom. The SMILES string of the molecule is CCC1CCC(C)N1c1nc(C)ccc1C#N. The number of aryl methyl sites for hydroxylation is 1. The number of pyridine rings is 1. The van der Waals surface area contributed by atoms with Crippen molar-refractivity contribution in [3.8, 4) is 6.07 Å². The van der Waals surface area contributed by atoms with Gasteiger partial charge in [0.25, 0.3) is 0 Å². The third-order valence-electron chi connectivity index (χ3n) is 3.64. The average molecular weight is 229 g/mol. The van der Waals surface area contributed by atoms with Gasteiger partial charge in [0.1, 0.15) is 11.9 Å². The van der Waals surface area contributed by atoms with Crippen molar-refractivity contribution < 1.29 is 0 Å². The summed E-state index contributed by atoms with van der Waals surface area (Å²) >= 11 is 0. The third-order valence-corrected chi connectivity index (χ3v) is 3.64. The minimum atomic E-state index is 0.487. The maximum Gasteiger partial charge on any atom is 0.147 e. The van der Waals surface area contributed by atoms with E-state index in [9.17, 15) is 5.26 Å². The smallest absolute Gasteiger partial charge is 0.147 e. The first kappa shape index (κ1) is 11.9. The van der Waals surface area contributed by atoms with Gasteiger partial charge in [0.05, 0.1) is 5.56 Å². The van der Waals surface area contributed by atoms with Crippen LogP contribution in [0.5, 0.6) is 0 Å². The molecule has 0 bridgehead atoms. The first-order valence-corrected chi connectivity index (χ1v) is 6.33. The Labute approximate surface area is 103 Å². The lowest BCUT2D eigenvalue weighted by atomic mass is 10.1. The fourth-order valence-corrected chi connectivity index (χ4v) is 2.68. The molecule has 2 rings (SSSR count). The van der Waals surface area contributed by atoms with Gasteiger partial charge in [0.2, 0.25) is 0 Å². The lowest BCUT2D eigenvalue weighted by Crippen LogP contribution is -2.35. The van der Waals surface area contributed by atoms with Gasteiger partial charge in [-0.05, 0) is 45.2 Å². The Kier molecular flexibility index (Phi) is 3.33. The zero-order valence-electron chi connectivity index (χ0n) is 10.8. The average Bonchev–Trinajstić information content (AvgIpc) is 2.70. The molecule has 2 heterocycles. The van der Waals surface area contributed by atoms with Crippen LogP contribution in [0.15, 0.2) is 12.1 Å². The van der Waals surface area contributed by atoms with Gasteiger partial charge >= 0.3 is 0 Å². The van der Waals surface area contributed by atoms with Crippen molar-refractivity contribution in [1.82, 2.24) is 4.98 Å². The molecule has 0 aromatic carbocycles. The molecule has 1 aliphatic heterocycles. The van der Waals surface area contributed by atoms with Gasteiger partial charge in [-0.2, -0.15) is 5.26 Å². The number of rotatable bonds is 2. The van der Waals surface area contributed by atoms with Crippen molar-refractivity contribution in [1.29, 1.82) is 5.26 Å². The Morgan fingerprint density at radius 1 is 1.47 bits per heavy atom. The number of hydrogen-bond donors (Lipinski definition) is 0. The van der Waals surface area contributed by atoms with E-state index in [1.165, 1.54) is 12.8 Å². The van der Waals surface area contributed by atoms with E-state index in [1.54, 1.807) is 0 Å². The van der Waals surface area contributed by atoms with Crippen molar-refractivity contribution in [2.75, 3.05) is 4.90 Å². The largest absolute Gasteiger partial charge is 0.350 e. The molecule has 3 heteroatoms. The zero-order valence-corrected chi connectivity index (χ0v) is 10.8. The van der Waals surface area contributed by atoms with Crippen LogP contribution in [0.4, 0.5) is 5.82 Å². The van der Waals surface area contributed by atoms with Crippen molar-refractivity contribution in [2.24, 2.45) is 0 Å². The summed E-state index contributed by atoms with van der Waals surface area (Å²) in [6.07, 6.45) is 3.52. The summed E-state index contributed by atoms with van der Waals surface area (Å²) in [4.78, 5) is 6.92. The first-order chi connectivity index (χ1) is 8.17. The first-order valence-electron chi connectivity index (χ1n) is 6.33. The number of aromatic nitrogens is 1. The van der Waals surface area contributed by atoms with Crippen LogP contribution in [0.25, 0.3) is 0 Å². The van der Waals surface area contributed by atoms with Crippen LogP contribution in [-0.4, -0.2) is 17.1 Å². The van der Waals surface area contributed by atoms with Crippen LogP contribution in [0.2, 0.25) is 0 Å². The fourth-order valence-electron chi connectivity index (χ4n) is 2.68. The second-order valence-electron chi connectivity index (χ2n) is 4.83. The molecular weight excluding hydrogens is 210 g/mol. The Bertz CT molecular complexity index is 447. The Morgan fingerprint density at radius 3 is 2.88 bits per heavy atom. The van der Waals surface area contributed by atoms with Crippen LogP contribution in [-0.2, 0) is 0 Å². The van der Waals surface area contributed by atoms with E-state index in [-0.39, 0.29) is 0 Å². The molecule has 2 atom stereocenters. The number of hydrogen-bond acceptors (Lipinski definition) is 3. The van der Waals surface area contributed by atoms with E-state index in [0.29, 0.717) is 17.6 Å². The van der Waals surface area contributed by atoms with Gasteiger partial charge in [-0.3, -0.25) is 0 Å². The lowest BCUT2D eigenvalue weighted by molar-refractivity contribution is 0.620. The van der Waals surface area contributed by atoms with Crippen LogP contribution >= 0.6 is 0 Å². The zero-order chi connectivity index (χ0) is 12.4. The molecule has 1 aromatic rings. The molecule has 2 unspecified atom stereocenters. The third kappa shape index (κ3) is 2.12. The maximum absolute atomic E-state index is 9.20. The molecule has 0 amide bonds. The van der Waals surface area contributed by atoms with E-state index in [2.05, 4.69) is 29.8 Å². The molecule has 1 aliphatic rings. The van der Waals surface area contributed by atoms with Crippen molar-refractivity contribution in [3.63, 3.8) is 0 Å². The molecule has 3 nitrogen and oxygen atoms in total. The molecule has 1 saturated heterocycles. The molecule has 0 saturated carbocycles. The van der Waals surface area contributed by atoms with Crippen LogP contribution < -0.4 is 4.90 Å². The molecule has 0 N–H and O–H groups in total. The minimum absolute atomic E-state index is 0.487. The van der Waals surface area contributed by atoms with Crippen molar-refractivity contribution in [2.45, 2.75) is 52.1 Å². The van der Waals surface area contributed by atoms with Gasteiger partial charge in [-0.1, -0.05) is 6.92 Å². The predicted molar refractivity (Wildman–Crippen MR) is 68.9 cm³/mol. The van der Waals surface area contributed by atoms with Gasteiger partial charge < -0.3 is 4.90 Å². The van der Waals surface area contributed by atoms with Gasteiger partial charge in [0.15, 0.2) is 0 Å². The molecule has 0 radical (unpaired) electrons.